The van der Waals surface area contributed by atoms with E-state index in [-0.39, 0.29) is 0 Å². The zero-order valence-electron chi connectivity index (χ0n) is 9.85. The van der Waals surface area contributed by atoms with Crippen LogP contribution in [0.2, 0.25) is 5.02 Å². The maximum Gasteiger partial charge on any atom is 0.175 e. The van der Waals surface area contributed by atoms with Crippen molar-refractivity contribution in [1.29, 1.82) is 0 Å². The molecule has 5 heteroatoms. The Kier molecular flexibility index (Phi) is 4.17. The van der Waals surface area contributed by atoms with E-state index < -0.39 is 0 Å². The number of ether oxygens (including phenoxy) is 2. The van der Waals surface area contributed by atoms with Gasteiger partial charge in [-0.3, -0.25) is 0 Å². The van der Waals surface area contributed by atoms with Gasteiger partial charge in [-0.1, -0.05) is 11.6 Å². The SMILES string of the molecule is COc1c(Br)cc(Cl)c(C2CCNC2)c1OC. The van der Waals surface area contributed by atoms with Gasteiger partial charge in [-0.05, 0) is 35.0 Å². The third-order valence-corrected chi connectivity index (χ3v) is 3.96. The highest BCUT2D eigenvalue weighted by molar-refractivity contribution is 9.10. The minimum Gasteiger partial charge on any atom is -0.492 e. The maximum atomic E-state index is 6.33. The van der Waals surface area contributed by atoms with Crippen molar-refractivity contribution in [3.8, 4) is 11.5 Å². The van der Waals surface area contributed by atoms with Gasteiger partial charge in [0.2, 0.25) is 0 Å². The Bertz CT molecular complexity index is 419. The Balaban J connectivity index is 2.55. The summed E-state index contributed by atoms with van der Waals surface area (Å²) in [5, 5.41) is 4.06. The zero-order valence-corrected chi connectivity index (χ0v) is 12.2. The Hall–Kier alpha value is -0.450. The van der Waals surface area contributed by atoms with Gasteiger partial charge in [-0.25, -0.2) is 0 Å². The maximum absolute atomic E-state index is 6.33. The van der Waals surface area contributed by atoms with Crippen molar-refractivity contribution in [2.24, 2.45) is 0 Å². The molecule has 0 radical (unpaired) electrons. The molecule has 17 heavy (non-hydrogen) atoms. The van der Waals surface area contributed by atoms with Crippen LogP contribution in [-0.4, -0.2) is 27.3 Å². The lowest BCUT2D eigenvalue weighted by atomic mass is 9.97. The molecule has 3 nitrogen and oxygen atoms in total. The van der Waals surface area contributed by atoms with Crippen molar-refractivity contribution in [1.82, 2.24) is 5.32 Å². The second-order valence-corrected chi connectivity index (χ2v) is 5.27. The number of halogens is 2. The summed E-state index contributed by atoms with van der Waals surface area (Å²) in [5.74, 6) is 1.83. The number of nitrogens with one attached hydrogen (secondary N) is 1. The standard InChI is InChI=1S/C12H15BrClNO2/c1-16-11-8(13)5-9(14)10(12(11)17-2)7-3-4-15-6-7/h5,7,15H,3-4,6H2,1-2H3. The number of hydrogen-bond donors (Lipinski definition) is 1. The van der Waals surface area contributed by atoms with E-state index in [2.05, 4.69) is 21.2 Å². The van der Waals surface area contributed by atoms with Crippen LogP contribution in [0.15, 0.2) is 10.5 Å². The quantitative estimate of drug-likeness (QED) is 0.928. The van der Waals surface area contributed by atoms with E-state index in [4.69, 9.17) is 21.1 Å². The number of hydrogen-bond acceptors (Lipinski definition) is 3. The van der Waals surface area contributed by atoms with Crippen molar-refractivity contribution in [3.05, 3.63) is 21.1 Å². The van der Waals surface area contributed by atoms with Gasteiger partial charge >= 0.3 is 0 Å². The van der Waals surface area contributed by atoms with Crippen LogP contribution in [-0.2, 0) is 0 Å². The van der Waals surface area contributed by atoms with Gasteiger partial charge in [0.25, 0.3) is 0 Å². The van der Waals surface area contributed by atoms with E-state index in [9.17, 15) is 0 Å². The van der Waals surface area contributed by atoms with Gasteiger partial charge in [-0.15, -0.1) is 0 Å². The van der Waals surface area contributed by atoms with Crippen LogP contribution < -0.4 is 14.8 Å². The Labute approximate surface area is 115 Å². The van der Waals surface area contributed by atoms with Crippen LogP contribution in [0.4, 0.5) is 0 Å². The van der Waals surface area contributed by atoms with E-state index in [1.54, 1.807) is 14.2 Å². The largest absolute Gasteiger partial charge is 0.492 e. The van der Waals surface area contributed by atoms with Crippen LogP contribution in [0.5, 0.6) is 11.5 Å². The molecule has 1 aliphatic heterocycles. The second kappa shape index (κ2) is 5.46. The van der Waals surface area contributed by atoms with E-state index in [1.807, 2.05) is 6.07 Å². The molecule has 0 aromatic heterocycles. The molecule has 0 spiro atoms. The summed E-state index contributed by atoms with van der Waals surface area (Å²) in [5.41, 5.74) is 1.04. The van der Waals surface area contributed by atoms with Crippen LogP contribution in [0, 0.1) is 0 Å². The van der Waals surface area contributed by atoms with Crippen LogP contribution in [0.3, 0.4) is 0 Å². The molecule has 1 saturated heterocycles. The van der Waals surface area contributed by atoms with Crippen molar-refractivity contribution >= 4 is 27.5 Å². The first-order chi connectivity index (χ1) is 8.19. The van der Waals surface area contributed by atoms with Crippen molar-refractivity contribution in [2.45, 2.75) is 12.3 Å². The van der Waals surface area contributed by atoms with E-state index in [0.717, 1.165) is 40.3 Å². The fourth-order valence-corrected chi connectivity index (χ4v) is 3.32. The summed E-state index contributed by atoms with van der Waals surface area (Å²) < 4.78 is 11.7. The molecule has 1 atom stereocenters. The first kappa shape index (κ1) is 13.0. The molecule has 1 heterocycles. The van der Waals surface area contributed by atoms with Crippen molar-refractivity contribution in [3.63, 3.8) is 0 Å². The fraction of sp³-hybridized carbons (Fsp3) is 0.500. The minimum absolute atomic E-state index is 0.388. The Morgan fingerprint density at radius 3 is 2.59 bits per heavy atom. The predicted molar refractivity (Wildman–Crippen MR) is 72.5 cm³/mol. The topological polar surface area (TPSA) is 30.5 Å². The zero-order chi connectivity index (χ0) is 12.4. The van der Waals surface area contributed by atoms with Crippen LogP contribution in [0.25, 0.3) is 0 Å². The molecular formula is C12H15BrClNO2. The lowest BCUT2D eigenvalue weighted by Gasteiger charge is -2.19. The van der Waals surface area contributed by atoms with Crippen molar-refractivity contribution < 1.29 is 9.47 Å². The molecule has 0 bridgehead atoms. The smallest absolute Gasteiger partial charge is 0.175 e. The van der Waals surface area contributed by atoms with Gasteiger partial charge < -0.3 is 14.8 Å². The first-order valence-electron chi connectivity index (χ1n) is 5.49. The molecule has 1 fully saturated rings. The van der Waals surface area contributed by atoms with E-state index in [1.165, 1.54) is 0 Å². The molecule has 2 rings (SSSR count). The molecule has 0 amide bonds. The van der Waals surface area contributed by atoms with Gasteiger partial charge in [0, 0.05) is 23.0 Å². The average Bonchev–Trinajstić information content (AvgIpc) is 2.81. The molecule has 94 valence electrons. The summed E-state index contributed by atoms with van der Waals surface area (Å²) in [6.45, 7) is 1.95. The highest BCUT2D eigenvalue weighted by atomic mass is 79.9. The number of rotatable bonds is 3. The summed E-state index contributed by atoms with van der Waals surface area (Å²) in [6, 6.07) is 1.87. The lowest BCUT2D eigenvalue weighted by Crippen LogP contribution is -2.09. The molecule has 1 unspecified atom stereocenters. The van der Waals surface area contributed by atoms with E-state index in [0.29, 0.717) is 11.7 Å². The van der Waals surface area contributed by atoms with Gasteiger partial charge in [0.1, 0.15) is 0 Å². The summed E-state index contributed by atoms with van der Waals surface area (Å²) >= 11 is 9.77. The van der Waals surface area contributed by atoms with Gasteiger partial charge in [0.15, 0.2) is 11.5 Å². The van der Waals surface area contributed by atoms with Crippen LogP contribution >= 0.6 is 27.5 Å². The monoisotopic (exact) mass is 319 g/mol. The molecule has 0 aliphatic carbocycles. The molecule has 1 aromatic carbocycles. The summed E-state index contributed by atoms with van der Waals surface area (Å²) in [6.07, 6.45) is 1.07. The third-order valence-electron chi connectivity index (χ3n) is 3.06. The van der Waals surface area contributed by atoms with Crippen molar-refractivity contribution in [2.75, 3.05) is 27.3 Å². The van der Waals surface area contributed by atoms with Gasteiger partial charge in [0.05, 0.1) is 18.7 Å². The third kappa shape index (κ3) is 2.39. The second-order valence-electron chi connectivity index (χ2n) is 4.01. The van der Waals surface area contributed by atoms with Gasteiger partial charge in [-0.2, -0.15) is 0 Å². The molecule has 0 saturated carbocycles. The predicted octanol–water partition coefficient (Wildman–Crippen LogP) is 3.20. The normalized spacial score (nSPS) is 19.4. The summed E-state index contributed by atoms with van der Waals surface area (Å²) in [4.78, 5) is 0. The molecule has 1 aromatic rings. The fourth-order valence-electron chi connectivity index (χ4n) is 2.27. The highest BCUT2D eigenvalue weighted by Crippen LogP contribution is 2.46. The average molecular weight is 321 g/mol. The molecule has 1 aliphatic rings. The van der Waals surface area contributed by atoms with Crippen LogP contribution in [0.1, 0.15) is 17.9 Å². The first-order valence-corrected chi connectivity index (χ1v) is 6.66. The Morgan fingerprint density at radius 2 is 2.06 bits per heavy atom. The Morgan fingerprint density at radius 1 is 1.35 bits per heavy atom. The molecular weight excluding hydrogens is 305 g/mol. The van der Waals surface area contributed by atoms with E-state index >= 15 is 0 Å². The highest BCUT2D eigenvalue weighted by Gasteiger charge is 2.26. The number of methoxy groups -OCH3 is 2. The summed E-state index contributed by atoms with van der Waals surface area (Å²) in [7, 11) is 3.28. The number of benzene rings is 1. The minimum atomic E-state index is 0.388. The lowest BCUT2D eigenvalue weighted by molar-refractivity contribution is 0.348. The molecule has 1 N–H and O–H groups in total.